The van der Waals surface area contributed by atoms with Crippen molar-refractivity contribution in [3.63, 3.8) is 0 Å². The number of carbonyl (C=O) groups excluding carboxylic acids is 1. The van der Waals surface area contributed by atoms with E-state index in [1.807, 2.05) is 0 Å². The standard InChI is InChI=1S/C21H17ClF3N7O2/c1-32(20-29-18(26)17(19(27)30-20)28-21(33)34-2)15-4-3-10(23)7-12(15)14(31-32)6-9-5-11(24)8-13(22)16(9)25/h3-5,7-8H,6H2,1-2H3,(H4-,26,27,28,29,30,33)/p+1. The molecular weight excluding hydrogens is 475 g/mol. The van der Waals surface area contributed by atoms with E-state index >= 15 is 0 Å². The van der Waals surface area contributed by atoms with Gasteiger partial charge in [-0.25, -0.2) is 18.0 Å². The number of ether oxygens (including phenoxy) is 1. The van der Waals surface area contributed by atoms with Gasteiger partial charge in [0.25, 0.3) is 0 Å². The fourth-order valence-corrected chi connectivity index (χ4v) is 3.85. The van der Waals surface area contributed by atoms with Gasteiger partial charge in [0, 0.05) is 12.5 Å². The molecule has 1 unspecified atom stereocenters. The van der Waals surface area contributed by atoms with Crippen LogP contribution in [0.2, 0.25) is 5.02 Å². The van der Waals surface area contributed by atoms with Gasteiger partial charge < -0.3 is 16.2 Å². The highest BCUT2D eigenvalue weighted by Gasteiger charge is 2.43. The molecule has 34 heavy (non-hydrogen) atoms. The number of quaternary nitrogens is 1. The number of nitrogens with zero attached hydrogens (tertiary/aromatic N) is 4. The SMILES string of the molecule is COC(=O)Nc1c(N)nc([N+]2(C)N=C(Cc3cc(F)cc(Cl)c3F)c3cc(F)ccc32)nc1N. The summed E-state index contributed by atoms with van der Waals surface area (Å²) in [5.41, 5.74) is 12.8. The number of hydrogen-bond acceptors (Lipinski definition) is 7. The summed E-state index contributed by atoms with van der Waals surface area (Å²) >= 11 is 5.77. The van der Waals surface area contributed by atoms with Crippen molar-refractivity contribution < 1.29 is 22.7 Å². The van der Waals surface area contributed by atoms with Crippen molar-refractivity contribution >= 4 is 52.4 Å². The molecule has 9 nitrogen and oxygen atoms in total. The fourth-order valence-electron chi connectivity index (χ4n) is 3.63. The van der Waals surface area contributed by atoms with Gasteiger partial charge in [-0.15, -0.1) is 4.59 Å². The Morgan fingerprint density at radius 2 is 1.79 bits per heavy atom. The Labute approximate surface area is 196 Å². The molecule has 1 atom stereocenters. The molecule has 5 N–H and O–H groups in total. The number of nitrogens with two attached hydrogens (primary N) is 2. The first-order valence-corrected chi connectivity index (χ1v) is 10.1. The number of halogens is 4. The molecule has 0 spiro atoms. The maximum Gasteiger partial charge on any atom is 0.411 e. The largest absolute Gasteiger partial charge is 0.453 e. The smallest absolute Gasteiger partial charge is 0.411 e. The van der Waals surface area contributed by atoms with Gasteiger partial charge >= 0.3 is 12.0 Å². The van der Waals surface area contributed by atoms with Gasteiger partial charge in [-0.2, -0.15) is 9.97 Å². The molecule has 176 valence electrons. The number of rotatable bonds is 4. The van der Waals surface area contributed by atoms with E-state index in [2.05, 4.69) is 25.1 Å². The third-order valence-corrected chi connectivity index (χ3v) is 5.52. The minimum atomic E-state index is -0.826. The lowest BCUT2D eigenvalue weighted by Crippen LogP contribution is -2.34. The Morgan fingerprint density at radius 1 is 1.12 bits per heavy atom. The van der Waals surface area contributed by atoms with E-state index in [0.29, 0.717) is 11.3 Å². The van der Waals surface area contributed by atoms with Crippen LogP contribution in [0.4, 0.5) is 46.9 Å². The second-order valence-electron chi connectivity index (χ2n) is 7.49. The van der Waals surface area contributed by atoms with Crippen LogP contribution in [0.5, 0.6) is 0 Å². The lowest BCUT2D eigenvalue weighted by Gasteiger charge is -2.22. The highest BCUT2D eigenvalue weighted by Crippen LogP contribution is 2.42. The summed E-state index contributed by atoms with van der Waals surface area (Å²) in [7, 11) is 2.74. The summed E-state index contributed by atoms with van der Waals surface area (Å²) in [5.74, 6) is -2.44. The van der Waals surface area contributed by atoms with Crippen LogP contribution < -0.4 is 21.4 Å². The van der Waals surface area contributed by atoms with Crippen LogP contribution >= 0.6 is 11.6 Å². The van der Waals surface area contributed by atoms with E-state index in [1.165, 1.54) is 18.2 Å². The van der Waals surface area contributed by atoms with Crippen molar-refractivity contribution in [2.75, 3.05) is 30.9 Å². The van der Waals surface area contributed by atoms with Crippen LogP contribution in [0.1, 0.15) is 11.1 Å². The highest BCUT2D eigenvalue weighted by molar-refractivity contribution is 6.30. The quantitative estimate of drug-likeness (QED) is 0.371. The van der Waals surface area contributed by atoms with E-state index < -0.39 is 28.1 Å². The van der Waals surface area contributed by atoms with Crippen LogP contribution in [0.3, 0.4) is 0 Å². The van der Waals surface area contributed by atoms with Gasteiger partial charge in [0.05, 0.1) is 17.7 Å². The van der Waals surface area contributed by atoms with Gasteiger partial charge in [-0.3, -0.25) is 5.32 Å². The topological polar surface area (TPSA) is 129 Å². The Bertz CT molecular complexity index is 1350. The average Bonchev–Trinajstić information content (AvgIpc) is 3.05. The number of nitrogens with one attached hydrogen (secondary N) is 1. The van der Waals surface area contributed by atoms with E-state index in [0.717, 1.165) is 19.2 Å². The molecule has 2 aromatic carbocycles. The summed E-state index contributed by atoms with van der Waals surface area (Å²) in [6.07, 6.45) is -1.02. The van der Waals surface area contributed by atoms with E-state index in [9.17, 15) is 18.0 Å². The Hall–Kier alpha value is -3.90. The fraction of sp³-hybridized carbons (Fsp3) is 0.143. The molecule has 13 heteroatoms. The monoisotopic (exact) mass is 492 g/mol. The normalized spacial score (nSPS) is 16.7. The minimum absolute atomic E-state index is 0.00831. The van der Waals surface area contributed by atoms with Crippen LogP contribution in [-0.2, 0) is 11.2 Å². The Kier molecular flexibility index (Phi) is 5.79. The molecule has 1 amide bonds. The van der Waals surface area contributed by atoms with Crippen LogP contribution in [0.15, 0.2) is 35.4 Å². The highest BCUT2D eigenvalue weighted by atomic mass is 35.5. The number of anilines is 3. The van der Waals surface area contributed by atoms with Gasteiger partial charge in [0.15, 0.2) is 17.3 Å². The average molecular weight is 493 g/mol. The third-order valence-electron chi connectivity index (χ3n) is 5.24. The summed E-state index contributed by atoms with van der Waals surface area (Å²) < 4.78 is 46.6. The van der Waals surface area contributed by atoms with Gasteiger partial charge in [0.2, 0.25) is 0 Å². The van der Waals surface area contributed by atoms with Crippen LogP contribution in [0, 0.1) is 17.5 Å². The molecule has 4 rings (SSSR count). The molecule has 3 aromatic rings. The molecule has 0 bridgehead atoms. The summed E-state index contributed by atoms with van der Waals surface area (Å²) in [5, 5.41) is 6.53. The van der Waals surface area contributed by atoms with E-state index in [1.54, 1.807) is 7.05 Å². The van der Waals surface area contributed by atoms with E-state index in [4.69, 9.17) is 23.1 Å². The van der Waals surface area contributed by atoms with Crippen molar-refractivity contribution in [3.05, 3.63) is 63.9 Å². The molecule has 0 saturated carbocycles. The van der Waals surface area contributed by atoms with Crippen molar-refractivity contribution in [2.45, 2.75) is 6.42 Å². The molecule has 0 radical (unpaired) electrons. The number of methoxy groups -OCH3 is 1. The number of benzene rings is 2. The zero-order chi connectivity index (χ0) is 24.8. The molecule has 0 saturated heterocycles. The zero-order valence-corrected chi connectivity index (χ0v) is 18.6. The second kappa shape index (κ2) is 8.47. The predicted octanol–water partition coefficient (Wildman–Crippen LogP) is 4.12. The van der Waals surface area contributed by atoms with Crippen molar-refractivity contribution in [2.24, 2.45) is 5.10 Å². The lowest BCUT2D eigenvalue weighted by atomic mass is 10.0. The van der Waals surface area contributed by atoms with Gasteiger partial charge in [-0.05, 0) is 29.8 Å². The van der Waals surface area contributed by atoms with Crippen molar-refractivity contribution in [1.82, 2.24) is 14.6 Å². The van der Waals surface area contributed by atoms with Gasteiger partial charge in [0.1, 0.15) is 35.9 Å². The number of nitrogen functional groups attached to an aromatic ring is 2. The maximum absolute atomic E-state index is 14.6. The Morgan fingerprint density at radius 3 is 2.44 bits per heavy atom. The number of amides is 1. The molecular formula is C21H18ClF3N7O2+. The number of carbonyl (C=O) groups is 1. The van der Waals surface area contributed by atoms with Crippen LogP contribution in [0.25, 0.3) is 0 Å². The first-order chi connectivity index (χ1) is 16.0. The Balaban J connectivity index is 1.84. The van der Waals surface area contributed by atoms with E-state index in [-0.39, 0.29) is 46.0 Å². The summed E-state index contributed by atoms with van der Waals surface area (Å²) in [6, 6.07) is 5.75. The summed E-state index contributed by atoms with van der Waals surface area (Å²) in [4.78, 5) is 20.0. The first-order valence-electron chi connectivity index (χ1n) is 9.71. The molecule has 0 aliphatic carbocycles. The lowest BCUT2D eigenvalue weighted by molar-refractivity contribution is 0.187. The molecule has 1 aliphatic rings. The molecule has 0 fully saturated rings. The molecule has 2 heterocycles. The third kappa shape index (κ3) is 3.97. The first kappa shape index (κ1) is 23.3. The summed E-state index contributed by atoms with van der Waals surface area (Å²) in [6.45, 7) is 0. The molecule has 1 aliphatic heterocycles. The molecule has 1 aromatic heterocycles. The number of hydrogen-bond donors (Lipinski definition) is 3. The van der Waals surface area contributed by atoms with Crippen molar-refractivity contribution in [1.29, 1.82) is 0 Å². The van der Waals surface area contributed by atoms with Crippen molar-refractivity contribution in [3.8, 4) is 0 Å². The number of aromatic nitrogens is 2. The predicted molar refractivity (Wildman–Crippen MR) is 122 cm³/mol. The number of fused-ring (bicyclic) bond motifs is 1. The maximum atomic E-state index is 14.6. The van der Waals surface area contributed by atoms with Crippen LogP contribution in [-0.4, -0.2) is 35.9 Å². The second-order valence-corrected chi connectivity index (χ2v) is 7.90. The minimum Gasteiger partial charge on any atom is -0.453 e. The zero-order valence-electron chi connectivity index (χ0n) is 17.9. The van der Waals surface area contributed by atoms with Gasteiger partial charge in [-0.1, -0.05) is 16.7 Å².